The highest BCUT2D eigenvalue weighted by Gasteiger charge is 2.18. The van der Waals surface area contributed by atoms with Gasteiger partial charge in [-0.3, -0.25) is 9.59 Å². The van der Waals surface area contributed by atoms with Gasteiger partial charge in [-0.05, 0) is 54.7 Å². The molecule has 1 aromatic heterocycles. The van der Waals surface area contributed by atoms with Crippen LogP contribution in [0.5, 0.6) is 0 Å². The zero-order chi connectivity index (χ0) is 17.2. The standard InChI is InChI=1S/C19H20N4O2/c24-18-12-23(9-8-20-18)17-7-6-16(11-21-17)22-19(25)15-5-4-13-2-1-3-14(13)10-15/h4-7,10-11H,1-3,8-9,12H2,(H,20,24)(H,22,25). The Morgan fingerprint density at radius 3 is 2.84 bits per heavy atom. The van der Waals surface area contributed by atoms with Crippen molar-refractivity contribution in [1.82, 2.24) is 10.3 Å². The van der Waals surface area contributed by atoms with Gasteiger partial charge in [0.1, 0.15) is 5.82 Å². The van der Waals surface area contributed by atoms with Crippen molar-refractivity contribution in [1.29, 1.82) is 0 Å². The normalized spacial score (nSPS) is 16.3. The van der Waals surface area contributed by atoms with Gasteiger partial charge < -0.3 is 15.5 Å². The lowest BCUT2D eigenvalue weighted by Crippen LogP contribution is -2.48. The molecule has 1 fully saturated rings. The first-order valence-electron chi connectivity index (χ1n) is 8.60. The molecule has 2 N–H and O–H groups in total. The molecule has 25 heavy (non-hydrogen) atoms. The maximum absolute atomic E-state index is 12.4. The number of carbonyl (C=O) groups excluding carboxylic acids is 2. The van der Waals surface area contributed by atoms with Crippen LogP contribution in [0.1, 0.15) is 27.9 Å². The van der Waals surface area contributed by atoms with Gasteiger partial charge in [-0.25, -0.2) is 4.98 Å². The van der Waals surface area contributed by atoms with Gasteiger partial charge in [-0.15, -0.1) is 0 Å². The lowest BCUT2D eigenvalue weighted by molar-refractivity contribution is -0.120. The van der Waals surface area contributed by atoms with Gasteiger partial charge in [0, 0.05) is 18.7 Å². The molecule has 128 valence electrons. The molecule has 2 amide bonds. The Morgan fingerprint density at radius 2 is 2.04 bits per heavy atom. The van der Waals surface area contributed by atoms with Gasteiger partial charge >= 0.3 is 0 Å². The Bertz CT molecular complexity index is 817. The van der Waals surface area contributed by atoms with Gasteiger partial charge in [-0.2, -0.15) is 0 Å². The summed E-state index contributed by atoms with van der Waals surface area (Å²) in [5, 5.41) is 5.68. The zero-order valence-corrected chi connectivity index (χ0v) is 13.9. The molecular weight excluding hydrogens is 316 g/mol. The van der Waals surface area contributed by atoms with Crippen LogP contribution in [0.15, 0.2) is 36.5 Å². The number of pyridine rings is 1. The summed E-state index contributed by atoms with van der Waals surface area (Å²) in [5.74, 6) is 0.619. The second kappa shape index (κ2) is 6.55. The highest BCUT2D eigenvalue weighted by atomic mass is 16.2. The number of fused-ring (bicyclic) bond motifs is 1. The van der Waals surface area contributed by atoms with Crippen molar-refractivity contribution in [3.8, 4) is 0 Å². The van der Waals surface area contributed by atoms with Crippen LogP contribution in [0.3, 0.4) is 0 Å². The van der Waals surface area contributed by atoms with Crippen LogP contribution in [0.4, 0.5) is 11.5 Å². The molecule has 2 heterocycles. The van der Waals surface area contributed by atoms with Gasteiger partial charge in [0.15, 0.2) is 0 Å². The Labute approximate surface area is 146 Å². The zero-order valence-electron chi connectivity index (χ0n) is 13.9. The van der Waals surface area contributed by atoms with Crippen molar-refractivity contribution in [3.05, 3.63) is 53.2 Å². The van der Waals surface area contributed by atoms with E-state index in [1.807, 2.05) is 29.2 Å². The molecule has 6 nitrogen and oxygen atoms in total. The molecule has 2 aromatic rings. The van der Waals surface area contributed by atoms with E-state index >= 15 is 0 Å². The van der Waals surface area contributed by atoms with Crippen LogP contribution < -0.4 is 15.5 Å². The molecule has 1 aromatic carbocycles. The molecule has 4 rings (SSSR count). The molecule has 6 heteroatoms. The van der Waals surface area contributed by atoms with Gasteiger partial charge in [0.2, 0.25) is 5.91 Å². The summed E-state index contributed by atoms with van der Waals surface area (Å²) in [6.45, 7) is 1.67. The summed E-state index contributed by atoms with van der Waals surface area (Å²) in [6, 6.07) is 9.58. The van der Waals surface area contributed by atoms with Crippen LogP contribution >= 0.6 is 0 Å². The number of benzene rings is 1. The van der Waals surface area contributed by atoms with Crippen molar-refractivity contribution in [2.24, 2.45) is 0 Å². The van der Waals surface area contributed by atoms with Gasteiger partial charge in [0.05, 0.1) is 18.4 Å². The predicted octanol–water partition coefficient (Wildman–Crippen LogP) is 1.76. The van der Waals surface area contributed by atoms with E-state index in [1.54, 1.807) is 6.20 Å². The lowest BCUT2D eigenvalue weighted by Gasteiger charge is -2.27. The fourth-order valence-corrected chi connectivity index (χ4v) is 3.40. The van der Waals surface area contributed by atoms with Crippen LogP contribution in [0, 0.1) is 0 Å². The Hall–Kier alpha value is -2.89. The molecule has 0 bridgehead atoms. The van der Waals surface area contributed by atoms with E-state index in [1.165, 1.54) is 17.5 Å². The Morgan fingerprint density at radius 1 is 1.16 bits per heavy atom. The number of hydrogen-bond donors (Lipinski definition) is 2. The topological polar surface area (TPSA) is 74.3 Å². The van der Waals surface area contributed by atoms with Crippen molar-refractivity contribution >= 4 is 23.3 Å². The van der Waals surface area contributed by atoms with Crippen LogP contribution in [0.2, 0.25) is 0 Å². The van der Waals surface area contributed by atoms with Crippen molar-refractivity contribution in [3.63, 3.8) is 0 Å². The third kappa shape index (κ3) is 3.33. The minimum Gasteiger partial charge on any atom is -0.353 e. The highest BCUT2D eigenvalue weighted by Crippen LogP contribution is 2.23. The predicted molar refractivity (Wildman–Crippen MR) is 95.9 cm³/mol. The van der Waals surface area contributed by atoms with E-state index in [0.717, 1.165) is 25.2 Å². The maximum Gasteiger partial charge on any atom is 0.255 e. The van der Waals surface area contributed by atoms with Crippen LogP contribution in [0.25, 0.3) is 0 Å². The second-order valence-electron chi connectivity index (χ2n) is 6.47. The number of nitrogens with one attached hydrogen (secondary N) is 2. The molecule has 0 atom stereocenters. The molecular formula is C19H20N4O2. The fraction of sp³-hybridized carbons (Fsp3) is 0.316. The summed E-state index contributed by atoms with van der Waals surface area (Å²) in [7, 11) is 0. The molecule has 2 aliphatic rings. The first-order chi connectivity index (χ1) is 12.2. The second-order valence-corrected chi connectivity index (χ2v) is 6.47. The maximum atomic E-state index is 12.4. The summed E-state index contributed by atoms with van der Waals surface area (Å²) < 4.78 is 0. The quantitative estimate of drug-likeness (QED) is 0.896. The Balaban J connectivity index is 1.44. The van der Waals surface area contributed by atoms with Gasteiger partial charge in [-0.1, -0.05) is 6.07 Å². The summed E-state index contributed by atoms with van der Waals surface area (Å²) in [6.07, 6.45) is 4.96. The van der Waals surface area contributed by atoms with E-state index in [9.17, 15) is 9.59 Å². The number of carbonyl (C=O) groups is 2. The molecule has 1 saturated heterocycles. The number of aromatic nitrogens is 1. The first kappa shape index (κ1) is 15.6. The van der Waals surface area contributed by atoms with E-state index < -0.39 is 0 Å². The smallest absolute Gasteiger partial charge is 0.255 e. The van der Waals surface area contributed by atoms with Crippen molar-refractivity contribution < 1.29 is 9.59 Å². The average Bonchev–Trinajstić information content (AvgIpc) is 3.10. The molecule has 0 saturated carbocycles. The van der Waals surface area contributed by atoms with E-state index in [2.05, 4.69) is 21.7 Å². The summed E-state index contributed by atoms with van der Waals surface area (Å²) in [4.78, 5) is 30.2. The third-order valence-corrected chi connectivity index (χ3v) is 4.73. The van der Waals surface area contributed by atoms with Crippen LogP contribution in [-0.2, 0) is 17.6 Å². The minimum atomic E-state index is -0.124. The third-order valence-electron chi connectivity index (χ3n) is 4.73. The molecule has 0 radical (unpaired) electrons. The number of amides is 2. The van der Waals surface area contributed by atoms with Crippen molar-refractivity contribution in [2.45, 2.75) is 19.3 Å². The SMILES string of the molecule is O=C1CN(c2ccc(NC(=O)c3ccc4c(c3)CCC4)cn2)CCN1. The largest absolute Gasteiger partial charge is 0.353 e. The number of aryl methyl sites for hydroxylation is 2. The minimum absolute atomic E-state index is 0.00189. The van der Waals surface area contributed by atoms with E-state index in [-0.39, 0.29) is 11.8 Å². The number of hydrogen-bond acceptors (Lipinski definition) is 4. The van der Waals surface area contributed by atoms with Gasteiger partial charge in [0.25, 0.3) is 5.91 Å². The Kier molecular flexibility index (Phi) is 4.09. The first-order valence-corrected chi connectivity index (χ1v) is 8.60. The number of anilines is 2. The average molecular weight is 336 g/mol. The molecule has 1 aliphatic heterocycles. The monoisotopic (exact) mass is 336 g/mol. The highest BCUT2D eigenvalue weighted by molar-refractivity contribution is 6.04. The summed E-state index contributed by atoms with van der Waals surface area (Å²) in [5.41, 5.74) is 3.96. The van der Waals surface area contributed by atoms with Crippen LogP contribution in [-0.4, -0.2) is 36.4 Å². The number of nitrogens with zero attached hydrogens (tertiary/aromatic N) is 2. The van der Waals surface area contributed by atoms with E-state index in [0.29, 0.717) is 24.3 Å². The molecule has 1 aliphatic carbocycles. The summed E-state index contributed by atoms with van der Waals surface area (Å²) >= 11 is 0. The molecule has 0 unspecified atom stereocenters. The fourth-order valence-electron chi connectivity index (χ4n) is 3.40. The molecule has 0 spiro atoms. The number of piperazine rings is 1. The lowest BCUT2D eigenvalue weighted by atomic mass is 10.1. The number of rotatable bonds is 3. The van der Waals surface area contributed by atoms with E-state index in [4.69, 9.17) is 0 Å². The van der Waals surface area contributed by atoms with Crippen molar-refractivity contribution in [2.75, 3.05) is 29.9 Å².